The molecule has 1 aromatic rings. The first-order valence-electron chi connectivity index (χ1n) is 7.67. The summed E-state index contributed by atoms with van der Waals surface area (Å²) >= 11 is 0. The number of amides is 1. The van der Waals surface area contributed by atoms with Crippen LogP contribution in [0.1, 0.15) is 27.2 Å². The molecule has 0 N–H and O–H groups in total. The van der Waals surface area contributed by atoms with Crippen molar-refractivity contribution in [2.75, 3.05) is 25.2 Å². The molecule has 0 heterocycles. The van der Waals surface area contributed by atoms with E-state index in [0.29, 0.717) is 13.2 Å². The first-order chi connectivity index (χ1) is 10.1. The summed E-state index contributed by atoms with van der Waals surface area (Å²) < 4.78 is 11.7. The zero-order valence-electron chi connectivity index (χ0n) is 13.3. The Hall–Kier alpha value is -1.39. The standard InChI is InChI=1S/C17H25NO3/c1-5-20-17(21-6-2)13(3)12-15(17)16(19)18(4)14-10-8-7-9-11-14/h7-11,13,15H,5-6,12H2,1-4H3/t13-,15+/m1/s1. The molecule has 1 aromatic carbocycles. The number of ether oxygens (including phenoxy) is 2. The molecule has 1 aliphatic carbocycles. The van der Waals surface area contributed by atoms with E-state index in [4.69, 9.17) is 9.47 Å². The molecule has 0 spiro atoms. The minimum Gasteiger partial charge on any atom is -0.349 e. The summed E-state index contributed by atoms with van der Waals surface area (Å²) in [6.45, 7) is 7.05. The van der Waals surface area contributed by atoms with Crippen molar-refractivity contribution in [3.8, 4) is 0 Å². The van der Waals surface area contributed by atoms with E-state index < -0.39 is 5.79 Å². The summed E-state index contributed by atoms with van der Waals surface area (Å²) in [7, 11) is 1.81. The molecule has 116 valence electrons. The molecule has 21 heavy (non-hydrogen) atoms. The minimum atomic E-state index is -0.760. The molecule has 1 aliphatic rings. The average molecular weight is 291 g/mol. The number of nitrogens with zero attached hydrogens (tertiary/aromatic N) is 1. The topological polar surface area (TPSA) is 38.8 Å². The van der Waals surface area contributed by atoms with E-state index in [1.165, 1.54) is 0 Å². The second-order valence-corrected chi connectivity index (χ2v) is 5.51. The number of carbonyl (C=O) groups excluding carboxylic acids is 1. The maximum atomic E-state index is 12.8. The van der Waals surface area contributed by atoms with Crippen molar-refractivity contribution in [3.63, 3.8) is 0 Å². The molecule has 2 atom stereocenters. The van der Waals surface area contributed by atoms with E-state index >= 15 is 0 Å². The Morgan fingerprint density at radius 1 is 1.24 bits per heavy atom. The van der Waals surface area contributed by atoms with Crippen molar-refractivity contribution < 1.29 is 14.3 Å². The SMILES string of the molecule is CCOC1(OCC)[C@H](C)C[C@H]1C(=O)N(C)c1ccccc1. The number of hydrogen-bond acceptors (Lipinski definition) is 3. The molecule has 4 nitrogen and oxygen atoms in total. The Morgan fingerprint density at radius 3 is 2.29 bits per heavy atom. The summed E-state index contributed by atoms with van der Waals surface area (Å²) in [5.41, 5.74) is 0.893. The highest BCUT2D eigenvalue weighted by molar-refractivity contribution is 5.95. The Kier molecular flexibility index (Phi) is 5.01. The molecule has 0 saturated heterocycles. The van der Waals surface area contributed by atoms with Gasteiger partial charge in [0.05, 0.1) is 5.92 Å². The third kappa shape index (κ3) is 2.83. The van der Waals surface area contributed by atoms with Gasteiger partial charge in [0.1, 0.15) is 0 Å². The number of rotatable bonds is 6. The molecular weight excluding hydrogens is 266 g/mol. The average Bonchev–Trinajstić information content (AvgIpc) is 2.51. The van der Waals surface area contributed by atoms with Gasteiger partial charge in [0.25, 0.3) is 0 Å². The molecule has 1 amide bonds. The number of carbonyl (C=O) groups is 1. The fourth-order valence-corrected chi connectivity index (χ4v) is 3.13. The van der Waals surface area contributed by atoms with Crippen molar-refractivity contribution >= 4 is 11.6 Å². The lowest BCUT2D eigenvalue weighted by Crippen LogP contribution is -2.63. The van der Waals surface area contributed by atoms with Crippen LogP contribution in [0.25, 0.3) is 0 Å². The largest absolute Gasteiger partial charge is 0.349 e. The molecule has 0 aliphatic heterocycles. The molecule has 0 aromatic heterocycles. The van der Waals surface area contributed by atoms with Crippen LogP contribution in [0, 0.1) is 11.8 Å². The van der Waals surface area contributed by atoms with E-state index in [-0.39, 0.29) is 17.7 Å². The third-order valence-corrected chi connectivity index (χ3v) is 4.27. The van der Waals surface area contributed by atoms with Crippen molar-refractivity contribution in [3.05, 3.63) is 30.3 Å². The molecule has 0 radical (unpaired) electrons. The van der Waals surface area contributed by atoms with Crippen LogP contribution in [0.3, 0.4) is 0 Å². The number of benzene rings is 1. The van der Waals surface area contributed by atoms with Crippen molar-refractivity contribution in [1.82, 2.24) is 0 Å². The Labute approximate surface area is 127 Å². The van der Waals surface area contributed by atoms with Crippen LogP contribution in [0.15, 0.2) is 30.3 Å². The van der Waals surface area contributed by atoms with Gasteiger partial charge in [0.15, 0.2) is 5.79 Å². The van der Waals surface area contributed by atoms with Gasteiger partial charge < -0.3 is 14.4 Å². The van der Waals surface area contributed by atoms with E-state index in [2.05, 4.69) is 6.92 Å². The molecule has 0 unspecified atom stereocenters. The van der Waals surface area contributed by atoms with Crippen LogP contribution in [-0.4, -0.2) is 32.0 Å². The highest BCUT2D eigenvalue weighted by Gasteiger charge is 2.59. The van der Waals surface area contributed by atoms with Gasteiger partial charge in [-0.3, -0.25) is 4.79 Å². The highest BCUT2D eigenvalue weighted by Crippen LogP contribution is 2.48. The fraction of sp³-hybridized carbons (Fsp3) is 0.588. The zero-order valence-corrected chi connectivity index (χ0v) is 13.3. The van der Waals surface area contributed by atoms with Gasteiger partial charge in [-0.2, -0.15) is 0 Å². The van der Waals surface area contributed by atoms with E-state index in [1.54, 1.807) is 4.90 Å². The summed E-state index contributed by atoms with van der Waals surface area (Å²) in [6, 6.07) is 9.67. The van der Waals surface area contributed by atoms with Gasteiger partial charge in [-0.15, -0.1) is 0 Å². The van der Waals surface area contributed by atoms with Gasteiger partial charge in [-0.1, -0.05) is 25.1 Å². The van der Waals surface area contributed by atoms with Gasteiger partial charge in [-0.05, 0) is 32.4 Å². The monoisotopic (exact) mass is 291 g/mol. The Morgan fingerprint density at radius 2 is 1.81 bits per heavy atom. The van der Waals surface area contributed by atoms with Crippen LogP contribution in [0.2, 0.25) is 0 Å². The van der Waals surface area contributed by atoms with Gasteiger partial charge in [-0.25, -0.2) is 0 Å². The third-order valence-electron chi connectivity index (χ3n) is 4.27. The minimum absolute atomic E-state index is 0.0567. The van der Waals surface area contributed by atoms with Crippen LogP contribution in [0.5, 0.6) is 0 Å². The number of hydrogen-bond donors (Lipinski definition) is 0. The Balaban J connectivity index is 2.18. The first kappa shape index (κ1) is 16.0. The summed E-state index contributed by atoms with van der Waals surface area (Å²) in [4.78, 5) is 14.5. The molecule has 0 bridgehead atoms. The van der Waals surface area contributed by atoms with Crippen LogP contribution in [-0.2, 0) is 14.3 Å². The van der Waals surface area contributed by atoms with E-state index in [1.807, 2.05) is 51.2 Å². The summed E-state index contributed by atoms with van der Waals surface area (Å²) in [6.07, 6.45) is 0.802. The molecule has 1 saturated carbocycles. The van der Waals surface area contributed by atoms with Crippen LogP contribution < -0.4 is 4.90 Å². The lowest BCUT2D eigenvalue weighted by Gasteiger charge is -2.53. The highest BCUT2D eigenvalue weighted by atomic mass is 16.7. The molecule has 2 rings (SSSR count). The molecule has 4 heteroatoms. The van der Waals surface area contributed by atoms with Crippen molar-refractivity contribution in [1.29, 1.82) is 0 Å². The number of anilines is 1. The predicted molar refractivity (Wildman–Crippen MR) is 83.1 cm³/mol. The lowest BCUT2D eigenvalue weighted by molar-refractivity contribution is -0.328. The normalized spacial score (nSPS) is 23.4. The van der Waals surface area contributed by atoms with Gasteiger partial charge >= 0.3 is 0 Å². The predicted octanol–water partition coefficient (Wildman–Crippen LogP) is 3.07. The quantitative estimate of drug-likeness (QED) is 0.756. The van der Waals surface area contributed by atoms with Crippen molar-refractivity contribution in [2.45, 2.75) is 33.0 Å². The second-order valence-electron chi connectivity index (χ2n) is 5.51. The summed E-state index contributed by atoms with van der Waals surface area (Å²) in [5.74, 6) is -0.710. The molecule has 1 fully saturated rings. The van der Waals surface area contributed by atoms with Crippen molar-refractivity contribution in [2.24, 2.45) is 11.8 Å². The first-order valence-corrected chi connectivity index (χ1v) is 7.67. The maximum absolute atomic E-state index is 12.8. The van der Waals surface area contributed by atoms with E-state index in [0.717, 1.165) is 12.1 Å². The Bertz CT molecular complexity index is 468. The summed E-state index contributed by atoms with van der Waals surface area (Å²) in [5, 5.41) is 0. The fourth-order valence-electron chi connectivity index (χ4n) is 3.13. The zero-order chi connectivity index (χ0) is 15.5. The van der Waals surface area contributed by atoms with Gasteiger partial charge in [0.2, 0.25) is 5.91 Å². The van der Waals surface area contributed by atoms with Gasteiger partial charge in [0, 0.05) is 31.9 Å². The van der Waals surface area contributed by atoms with Crippen LogP contribution in [0.4, 0.5) is 5.69 Å². The van der Waals surface area contributed by atoms with E-state index in [9.17, 15) is 4.79 Å². The van der Waals surface area contributed by atoms with Crippen LogP contribution >= 0.6 is 0 Å². The lowest BCUT2D eigenvalue weighted by atomic mass is 9.68. The maximum Gasteiger partial charge on any atom is 0.235 e. The molecular formula is C17H25NO3. The number of para-hydroxylation sites is 1. The second kappa shape index (κ2) is 6.58. The smallest absolute Gasteiger partial charge is 0.235 e.